The predicted molar refractivity (Wildman–Crippen MR) is 112 cm³/mol. The van der Waals surface area contributed by atoms with Crippen LogP contribution in [-0.4, -0.2) is 18.1 Å². The topological polar surface area (TPSA) is 54.5 Å². The molecule has 1 aliphatic heterocycles. The van der Waals surface area contributed by atoms with E-state index in [1.54, 1.807) is 6.07 Å². The highest BCUT2D eigenvalue weighted by Crippen LogP contribution is 2.63. The molecular formula is C26H19NO3. The monoisotopic (exact) mass is 393 g/mol. The molecule has 2 bridgehead atoms. The Morgan fingerprint density at radius 3 is 2.07 bits per heavy atom. The Hall–Kier alpha value is -3.53. The van der Waals surface area contributed by atoms with Crippen molar-refractivity contribution < 1.29 is 14.4 Å². The molecule has 4 heteroatoms. The standard InChI is InChI=1S/C26H19NO3/c1-15-7-6-8-16(13-15)27-24(29)22-21-17-9-2-4-11-19(17)26(14-28,23(22)25(27)30)20-12-5-3-10-18(20)21/h2-14,21-23H,1H3/t21?,22-,23-,26?/m0/s1. The molecule has 3 aromatic carbocycles. The predicted octanol–water partition coefficient (Wildman–Crippen LogP) is 3.74. The summed E-state index contributed by atoms with van der Waals surface area (Å²) >= 11 is 0. The first-order valence-corrected chi connectivity index (χ1v) is 10.2. The molecular weight excluding hydrogens is 374 g/mol. The minimum absolute atomic E-state index is 0.212. The average Bonchev–Trinajstić information content (AvgIpc) is 3.05. The van der Waals surface area contributed by atoms with E-state index in [0.717, 1.165) is 34.1 Å². The van der Waals surface area contributed by atoms with E-state index in [4.69, 9.17) is 0 Å². The molecule has 7 rings (SSSR count). The van der Waals surface area contributed by atoms with Crippen molar-refractivity contribution in [2.45, 2.75) is 18.3 Å². The fourth-order valence-corrected chi connectivity index (χ4v) is 6.05. The van der Waals surface area contributed by atoms with Crippen LogP contribution in [0.2, 0.25) is 0 Å². The van der Waals surface area contributed by atoms with Gasteiger partial charge in [0.15, 0.2) is 0 Å². The van der Waals surface area contributed by atoms with E-state index >= 15 is 0 Å². The van der Waals surface area contributed by atoms with Crippen molar-refractivity contribution in [3.05, 3.63) is 101 Å². The van der Waals surface area contributed by atoms with Crippen LogP contribution in [0, 0.1) is 18.8 Å². The van der Waals surface area contributed by atoms with Crippen molar-refractivity contribution >= 4 is 23.8 Å². The highest BCUT2D eigenvalue weighted by molar-refractivity contribution is 6.24. The first-order valence-electron chi connectivity index (χ1n) is 10.2. The van der Waals surface area contributed by atoms with Gasteiger partial charge in [0.1, 0.15) is 6.29 Å². The number of aldehydes is 1. The lowest BCUT2D eigenvalue weighted by molar-refractivity contribution is -0.128. The number of hydrogen-bond donors (Lipinski definition) is 0. The Bertz CT molecular complexity index is 1210. The normalized spacial score (nSPS) is 28.2. The summed E-state index contributed by atoms with van der Waals surface area (Å²) in [5.74, 6) is -2.02. The van der Waals surface area contributed by atoms with Gasteiger partial charge in [-0.3, -0.25) is 9.59 Å². The van der Waals surface area contributed by atoms with Gasteiger partial charge in [-0.2, -0.15) is 0 Å². The number of amides is 2. The summed E-state index contributed by atoms with van der Waals surface area (Å²) in [7, 11) is 0. The zero-order chi connectivity index (χ0) is 20.6. The second-order valence-corrected chi connectivity index (χ2v) is 8.49. The zero-order valence-corrected chi connectivity index (χ0v) is 16.4. The molecule has 0 unspecified atom stereocenters. The van der Waals surface area contributed by atoms with Crippen molar-refractivity contribution in [2.75, 3.05) is 4.90 Å². The molecule has 4 nitrogen and oxygen atoms in total. The van der Waals surface area contributed by atoms with E-state index in [1.807, 2.05) is 73.7 Å². The Labute approximate surface area is 174 Å². The molecule has 0 saturated carbocycles. The van der Waals surface area contributed by atoms with Crippen LogP contribution in [0.1, 0.15) is 33.7 Å². The highest BCUT2D eigenvalue weighted by atomic mass is 16.2. The van der Waals surface area contributed by atoms with Gasteiger partial charge in [-0.15, -0.1) is 0 Å². The molecule has 0 N–H and O–H groups in total. The van der Waals surface area contributed by atoms with Crippen molar-refractivity contribution in [3.8, 4) is 0 Å². The Morgan fingerprint density at radius 2 is 1.47 bits per heavy atom. The van der Waals surface area contributed by atoms with Crippen LogP contribution in [0.3, 0.4) is 0 Å². The molecule has 2 atom stereocenters. The van der Waals surface area contributed by atoms with Crippen molar-refractivity contribution in [2.24, 2.45) is 11.8 Å². The van der Waals surface area contributed by atoms with Crippen LogP contribution in [-0.2, 0) is 19.8 Å². The molecule has 0 spiro atoms. The van der Waals surface area contributed by atoms with Gasteiger partial charge in [-0.05, 0) is 46.9 Å². The van der Waals surface area contributed by atoms with Crippen LogP contribution >= 0.6 is 0 Å². The number of carbonyl (C=O) groups excluding carboxylic acids is 3. The minimum Gasteiger partial charge on any atom is -0.302 e. The maximum absolute atomic E-state index is 13.8. The molecule has 2 amide bonds. The summed E-state index contributed by atoms with van der Waals surface area (Å²) in [5.41, 5.74) is 4.09. The second-order valence-electron chi connectivity index (χ2n) is 8.49. The lowest BCUT2D eigenvalue weighted by Crippen LogP contribution is -2.54. The fraction of sp³-hybridized carbons (Fsp3) is 0.192. The molecule has 30 heavy (non-hydrogen) atoms. The molecule has 3 aliphatic carbocycles. The van der Waals surface area contributed by atoms with Gasteiger partial charge in [0.2, 0.25) is 11.8 Å². The van der Waals surface area contributed by atoms with Gasteiger partial charge < -0.3 is 4.79 Å². The Kier molecular flexibility index (Phi) is 3.33. The first kappa shape index (κ1) is 17.3. The summed E-state index contributed by atoms with van der Waals surface area (Å²) in [5, 5.41) is 0. The maximum Gasteiger partial charge on any atom is 0.239 e. The van der Waals surface area contributed by atoms with Crippen LogP contribution in [0.15, 0.2) is 72.8 Å². The van der Waals surface area contributed by atoms with Crippen LogP contribution in [0.4, 0.5) is 5.69 Å². The summed E-state index contributed by atoms with van der Waals surface area (Å²) in [6, 6.07) is 23.0. The number of rotatable bonds is 2. The zero-order valence-electron chi connectivity index (χ0n) is 16.4. The molecule has 1 saturated heterocycles. The van der Waals surface area contributed by atoms with Crippen molar-refractivity contribution in [1.29, 1.82) is 0 Å². The van der Waals surface area contributed by atoms with Gasteiger partial charge in [-0.1, -0.05) is 60.7 Å². The lowest BCUT2D eigenvalue weighted by atomic mass is 9.48. The van der Waals surface area contributed by atoms with Gasteiger partial charge in [0.05, 0.1) is 22.9 Å². The van der Waals surface area contributed by atoms with E-state index in [9.17, 15) is 14.4 Å². The van der Waals surface area contributed by atoms with Gasteiger partial charge in [-0.25, -0.2) is 4.90 Å². The highest BCUT2D eigenvalue weighted by Gasteiger charge is 2.68. The molecule has 1 fully saturated rings. The van der Waals surface area contributed by atoms with Crippen molar-refractivity contribution in [1.82, 2.24) is 0 Å². The number of benzene rings is 3. The van der Waals surface area contributed by atoms with Crippen LogP contribution in [0.5, 0.6) is 0 Å². The molecule has 1 heterocycles. The largest absolute Gasteiger partial charge is 0.302 e. The number of anilines is 1. The number of carbonyl (C=O) groups is 3. The SMILES string of the molecule is Cc1cccc(N2C(=O)[C@@H]3[C@@H](C2=O)C2c4ccccc4C3(C=O)c3ccccc32)c1. The molecule has 0 aromatic heterocycles. The second kappa shape index (κ2) is 5.76. The van der Waals surface area contributed by atoms with E-state index < -0.39 is 17.3 Å². The van der Waals surface area contributed by atoms with Crippen LogP contribution in [0.25, 0.3) is 0 Å². The third kappa shape index (κ3) is 1.85. The number of aryl methyl sites for hydroxylation is 1. The van der Waals surface area contributed by atoms with E-state index in [0.29, 0.717) is 5.69 Å². The van der Waals surface area contributed by atoms with Gasteiger partial charge in [0.25, 0.3) is 0 Å². The third-order valence-corrected chi connectivity index (χ3v) is 7.13. The summed E-state index contributed by atoms with van der Waals surface area (Å²) in [4.78, 5) is 41.7. The Morgan fingerprint density at radius 1 is 0.833 bits per heavy atom. The molecule has 146 valence electrons. The molecule has 4 aliphatic rings. The van der Waals surface area contributed by atoms with Crippen molar-refractivity contribution in [3.63, 3.8) is 0 Å². The number of nitrogens with zero attached hydrogens (tertiary/aromatic N) is 1. The van der Waals surface area contributed by atoms with E-state index in [-0.39, 0.29) is 17.7 Å². The van der Waals surface area contributed by atoms with Crippen LogP contribution < -0.4 is 4.90 Å². The quantitative estimate of drug-likeness (QED) is 0.492. The maximum atomic E-state index is 13.8. The average molecular weight is 393 g/mol. The smallest absolute Gasteiger partial charge is 0.239 e. The summed E-state index contributed by atoms with van der Waals surface area (Å²) in [6.45, 7) is 1.93. The summed E-state index contributed by atoms with van der Waals surface area (Å²) < 4.78 is 0. The lowest BCUT2D eigenvalue weighted by Gasteiger charge is -2.51. The molecule has 3 aromatic rings. The summed E-state index contributed by atoms with van der Waals surface area (Å²) in [6.07, 6.45) is 0.905. The fourth-order valence-electron chi connectivity index (χ4n) is 6.05. The third-order valence-electron chi connectivity index (χ3n) is 7.13. The number of imide groups is 1. The molecule has 0 radical (unpaired) electrons. The first-order chi connectivity index (χ1) is 14.6. The number of hydrogen-bond acceptors (Lipinski definition) is 3. The Balaban J connectivity index is 1.66. The van der Waals surface area contributed by atoms with E-state index in [1.165, 1.54) is 4.90 Å². The minimum atomic E-state index is -1.14. The van der Waals surface area contributed by atoms with Gasteiger partial charge >= 0.3 is 0 Å². The van der Waals surface area contributed by atoms with E-state index in [2.05, 4.69) is 0 Å². The van der Waals surface area contributed by atoms with Gasteiger partial charge in [0, 0.05) is 5.92 Å².